The van der Waals surface area contributed by atoms with E-state index in [9.17, 15) is 13.2 Å². The third-order valence-corrected chi connectivity index (χ3v) is 3.23. The normalized spacial score (nSPS) is 13.3. The molecule has 3 nitrogen and oxygen atoms in total. The summed E-state index contributed by atoms with van der Waals surface area (Å²) in [6, 6.07) is 7.67. The Morgan fingerprint density at radius 3 is 2.42 bits per heavy atom. The smallest absolute Gasteiger partial charge is 0.353 e. The Balaban J connectivity index is 2.19. The van der Waals surface area contributed by atoms with Crippen LogP contribution in [0.1, 0.15) is 23.0 Å². The molecule has 0 aliphatic carbocycles. The molecule has 0 aliphatic rings. The molecule has 1 aromatic heterocycles. The number of halogens is 3. The Morgan fingerprint density at radius 2 is 1.89 bits per heavy atom. The molecule has 0 aliphatic heterocycles. The summed E-state index contributed by atoms with van der Waals surface area (Å²) in [5.74, 6) is 0. The summed E-state index contributed by atoms with van der Waals surface area (Å²) >= 11 is 1.24. The molecule has 0 saturated carbocycles. The summed E-state index contributed by atoms with van der Waals surface area (Å²) in [5, 5.41) is 11.5. The number of anilines is 1. The highest BCUT2D eigenvalue weighted by Crippen LogP contribution is 2.32. The van der Waals surface area contributed by atoms with Crippen molar-refractivity contribution in [1.29, 1.82) is 0 Å². The summed E-state index contributed by atoms with van der Waals surface area (Å²) in [6.07, 6.45) is -5.19. The van der Waals surface area contributed by atoms with Gasteiger partial charge in [0.2, 0.25) is 5.13 Å². The third kappa shape index (κ3) is 4.20. The van der Waals surface area contributed by atoms with Gasteiger partial charge in [-0.25, -0.2) is 0 Å². The van der Waals surface area contributed by atoms with Crippen LogP contribution in [0.2, 0.25) is 0 Å². The number of aryl methyl sites for hydroxylation is 1. The Bertz CT molecular complexity index is 525. The lowest BCUT2D eigenvalue weighted by molar-refractivity contribution is -0.137. The summed E-state index contributed by atoms with van der Waals surface area (Å²) < 4.78 is 37.9. The van der Waals surface area contributed by atoms with Gasteiger partial charge in [-0.2, -0.15) is 13.2 Å². The van der Waals surface area contributed by atoms with E-state index in [4.69, 9.17) is 0 Å². The van der Waals surface area contributed by atoms with Crippen molar-refractivity contribution < 1.29 is 13.2 Å². The maximum atomic E-state index is 12.6. The van der Waals surface area contributed by atoms with E-state index in [2.05, 4.69) is 15.5 Å². The minimum absolute atomic E-state index is 0.399. The fraction of sp³-hybridized carbons (Fsp3) is 0.333. The molecule has 0 radical (unpaired) electrons. The van der Waals surface area contributed by atoms with Crippen molar-refractivity contribution in [3.05, 3.63) is 40.9 Å². The Morgan fingerprint density at radius 1 is 1.21 bits per heavy atom. The summed E-state index contributed by atoms with van der Waals surface area (Å²) in [6.45, 7) is 1.75. The van der Waals surface area contributed by atoms with Crippen molar-refractivity contribution in [3.8, 4) is 0 Å². The Labute approximate surface area is 112 Å². The summed E-state index contributed by atoms with van der Waals surface area (Å²) in [7, 11) is 0. The van der Waals surface area contributed by atoms with E-state index in [0.29, 0.717) is 15.7 Å². The van der Waals surface area contributed by atoms with Gasteiger partial charge in [0.05, 0.1) is 12.5 Å². The van der Waals surface area contributed by atoms with Crippen molar-refractivity contribution in [2.45, 2.75) is 25.6 Å². The van der Waals surface area contributed by atoms with Crippen LogP contribution in [0.5, 0.6) is 0 Å². The molecule has 0 spiro atoms. The molecular weight excluding hydrogens is 275 g/mol. The molecule has 7 heteroatoms. The molecule has 1 aromatic carbocycles. The van der Waals surface area contributed by atoms with E-state index in [1.54, 1.807) is 37.3 Å². The molecule has 1 N–H and O–H groups in total. The van der Waals surface area contributed by atoms with Crippen LogP contribution < -0.4 is 5.32 Å². The van der Waals surface area contributed by atoms with Gasteiger partial charge in [0, 0.05) is 0 Å². The second-order valence-electron chi connectivity index (χ2n) is 4.05. The van der Waals surface area contributed by atoms with Gasteiger partial charge >= 0.3 is 6.18 Å². The zero-order chi connectivity index (χ0) is 13.9. The lowest BCUT2D eigenvalue weighted by Crippen LogP contribution is -2.20. The largest absolute Gasteiger partial charge is 0.391 e. The second kappa shape index (κ2) is 5.56. The maximum absolute atomic E-state index is 12.6. The first kappa shape index (κ1) is 13.8. The van der Waals surface area contributed by atoms with E-state index < -0.39 is 18.6 Å². The highest BCUT2D eigenvalue weighted by atomic mass is 32.1. The number of alkyl halides is 3. The fourth-order valence-electron chi connectivity index (χ4n) is 1.67. The first-order chi connectivity index (χ1) is 8.94. The van der Waals surface area contributed by atoms with Crippen molar-refractivity contribution in [3.63, 3.8) is 0 Å². The standard InChI is InChI=1S/C12H12F3N3S/c1-8-17-18-11(19-8)16-10(7-12(13,14)15)9-5-3-2-4-6-9/h2-6,10H,7H2,1H3,(H,16,18). The number of hydrogen-bond donors (Lipinski definition) is 1. The minimum atomic E-state index is -4.24. The van der Waals surface area contributed by atoms with Gasteiger partial charge in [-0.3, -0.25) is 0 Å². The monoisotopic (exact) mass is 287 g/mol. The van der Waals surface area contributed by atoms with Gasteiger partial charge in [-0.1, -0.05) is 41.7 Å². The molecule has 19 heavy (non-hydrogen) atoms. The molecular formula is C12H12F3N3S. The highest BCUT2D eigenvalue weighted by Gasteiger charge is 2.33. The van der Waals surface area contributed by atoms with Gasteiger partial charge in [0.25, 0.3) is 0 Å². The molecule has 1 atom stereocenters. The van der Waals surface area contributed by atoms with Crippen molar-refractivity contribution in [1.82, 2.24) is 10.2 Å². The molecule has 2 aromatic rings. The quantitative estimate of drug-likeness (QED) is 0.925. The number of nitrogens with one attached hydrogen (secondary N) is 1. The van der Waals surface area contributed by atoms with Gasteiger partial charge in [0.1, 0.15) is 5.01 Å². The van der Waals surface area contributed by atoms with Crippen molar-refractivity contribution >= 4 is 16.5 Å². The molecule has 0 amide bonds. The van der Waals surface area contributed by atoms with E-state index >= 15 is 0 Å². The predicted octanol–water partition coefficient (Wildman–Crippen LogP) is 3.95. The Kier molecular flexibility index (Phi) is 4.04. The van der Waals surface area contributed by atoms with Crippen LogP contribution in [0, 0.1) is 6.92 Å². The lowest BCUT2D eigenvalue weighted by atomic mass is 10.0. The summed E-state index contributed by atoms with van der Waals surface area (Å²) in [5.41, 5.74) is 0.577. The molecule has 102 valence electrons. The molecule has 0 bridgehead atoms. The molecule has 2 rings (SSSR count). The van der Waals surface area contributed by atoms with E-state index in [-0.39, 0.29) is 0 Å². The van der Waals surface area contributed by atoms with E-state index in [1.807, 2.05) is 0 Å². The second-order valence-corrected chi connectivity index (χ2v) is 5.23. The van der Waals surface area contributed by atoms with Crippen LogP contribution in [0.4, 0.5) is 18.3 Å². The highest BCUT2D eigenvalue weighted by molar-refractivity contribution is 7.15. The van der Waals surface area contributed by atoms with Gasteiger partial charge in [0.15, 0.2) is 0 Å². The minimum Gasteiger partial charge on any atom is -0.353 e. The van der Waals surface area contributed by atoms with E-state index in [1.165, 1.54) is 11.3 Å². The van der Waals surface area contributed by atoms with Crippen LogP contribution in [0.15, 0.2) is 30.3 Å². The SMILES string of the molecule is Cc1nnc(NC(CC(F)(F)F)c2ccccc2)s1. The zero-order valence-corrected chi connectivity index (χ0v) is 10.9. The number of aromatic nitrogens is 2. The predicted molar refractivity (Wildman–Crippen MR) is 68.1 cm³/mol. The van der Waals surface area contributed by atoms with Crippen molar-refractivity contribution in [2.75, 3.05) is 5.32 Å². The maximum Gasteiger partial charge on any atom is 0.391 e. The lowest BCUT2D eigenvalue weighted by Gasteiger charge is -2.19. The summed E-state index contributed by atoms with van der Waals surface area (Å²) in [4.78, 5) is 0. The van der Waals surface area contributed by atoms with Crippen LogP contribution in [0.25, 0.3) is 0 Å². The fourth-order valence-corrected chi connectivity index (χ4v) is 2.32. The molecule has 1 heterocycles. The van der Waals surface area contributed by atoms with Crippen LogP contribution in [-0.2, 0) is 0 Å². The number of hydrogen-bond acceptors (Lipinski definition) is 4. The average molecular weight is 287 g/mol. The van der Waals surface area contributed by atoms with Crippen molar-refractivity contribution in [2.24, 2.45) is 0 Å². The molecule has 0 fully saturated rings. The molecule has 1 unspecified atom stereocenters. The zero-order valence-electron chi connectivity index (χ0n) is 10.1. The van der Waals surface area contributed by atoms with E-state index in [0.717, 1.165) is 0 Å². The first-order valence-electron chi connectivity index (χ1n) is 5.62. The topological polar surface area (TPSA) is 37.8 Å². The average Bonchev–Trinajstić information content (AvgIpc) is 2.73. The van der Waals surface area contributed by atoms with Crippen LogP contribution in [0.3, 0.4) is 0 Å². The van der Waals surface area contributed by atoms with Crippen LogP contribution in [-0.4, -0.2) is 16.4 Å². The number of rotatable bonds is 4. The van der Waals surface area contributed by atoms with Gasteiger partial charge < -0.3 is 5.32 Å². The third-order valence-electron chi connectivity index (χ3n) is 2.46. The first-order valence-corrected chi connectivity index (χ1v) is 6.44. The number of nitrogens with zero attached hydrogens (tertiary/aromatic N) is 2. The Hall–Kier alpha value is -1.63. The van der Waals surface area contributed by atoms with Gasteiger partial charge in [-0.15, -0.1) is 10.2 Å². The number of benzene rings is 1. The van der Waals surface area contributed by atoms with Crippen LogP contribution >= 0.6 is 11.3 Å². The molecule has 0 saturated heterocycles. The van der Waals surface area contributed by atoms with Gasteiger partial charge in [-0.05, 0) is 12.5 Å².